The molecule has 0 radical (unpaired) electrons. The molecule has 6 heteroatoms. The first-order chi connectivity index (χ1) is 11.1. The molecule has 0 saturated heterocycles. The minimum atomic E-state index is -0.0782. The zero-order valence-electron chi connectivity index (χ0n) is 14.1. The van der Waals surface area contributed by atoms with Crippen LogP contribution in [0.4, 0.5) is 0 Å². The first-order valence-corrected chi connectivity index (χ1v) is 7.71. The molecule has 2 amide bonds. The first kappa shape index (κ1) is 19.0. The molecule has 6 nitrogen and oxygen atoms in total. The number of amides is 2. The van der Waals surface area contributed by atoms with Crippen LogP contribution in [0.2, 0.25) is 0 Å². The Kier molecular flexibility index (Phi) is 8.75. The van der Waals surface area contributed by atoms with Crippen LogP contribution in [-0.2, 0) is 20.7 Å². The lowest BCUT2D eigenvalue weighted by Crippen LogP contribution is -2.36. The van der Waals surface area contributed by atoms with Crippen molar-refractivity contribution in [2.75, 3.05) is 40.5 Å². The van der Waals surface area contributed by atoms with E-state index in [4.69, 9.17) is 9.47 Å². The van der Waals surface area contributed by atoms with E-state index < -0.39 is 0 Å². The molecule has 0 unspecified atom stereocenters. The standard InChI is InChI=1S/C17H26N2O4/c1-14(20)19(12-9-17(21)18-10-13-22-2)11-8-15-6-4-5-7-16(15)23-3/h4-7H,8-13H2,1-3H3,(H,18,21). The third kappa shape index (κ3) is 7.15. The Balaban J connectivity index is 2.46. The summed E-state index contributed by atoms with van der Waals surface area (Å²) in [5, 5.41) is 2.75. The number of hydrogen-bond acceptors (Lipinski definition) is 4. The zero-order chi connectivity index (χ0) is 17.1. The zero-order valence-corrected chi connectivity index (χ0v) is 14.1. The van der Waals surface area contributed by atoms with E-state index in [2.05, 4.69) is 5.32 Å². The molecule has 0 aliphatic heterocycles. The van der Waals surface area contributed by atoms with Gasteiger partial charge >= 0.3 is 0 Å². The monoisotopic (exact) mass is 322 g/mol. The Bertz CT molecular complexity index is 505. The van der Waals surface area contributed by atoms with Gasteiger partial charge in [0.05, 0.1) is 13.7 Å². The van der Waals surface area contributed by atoms with Gasteiger partial charge in [0.15, 0.2) is 0 Å². The average molecular weight is 322 g/mol. The number of carbonyl (C=O) groups is 2. The summed E-state index contributed by atoms with van der Waals surface area (Å²) in [7, 11) is 3.22. The van der Waals surface area contributed by atoms with E-state index >= 15 is 0 Å². The van der Waals surface area contributed by atoms with Gasteiger partial charge in [0.2, 0.25) is 11.8 Å². The van der Waals surface area contributed by atoms with Gasteiger partial charge in [-0.05, 0) is 18.1 Å². The Hall–Kier alpha value is -2.08. The van der Waals surface area contributed by atoms with Gasteiger partial charge in [-0.2, -0.15) is 0 Å². The normalized spacial score (nSPS) is 10.2. The quantitative estimate of drug-likeness (QED) is 0.658. The third-order valence-corrected chi connectivity index (χ3v) is 3.53. The van der Waals surface area contributed by atoms with Crippen LogP contribution in [0.15, 0.2) is 24.3 Å². The number of rotatable bonds is 10. The smallest absolute Gasteiger partial charge is 0.221 e. The molecular weight excluding hydrogens is 296 g/mol. The number of nitrogens with zero attached hydrogens (tertiary/aromatic N) is 1. The van der Waals surface area contributed by atoms with Crippen molar-refractivity contribution in [2.45, 2.75) is 19.8 Å². The van der Waals surface area contributed by atoms with E-state index in [0.29, 0.717) is 32.7 Å². The first-order valence-electron chi connectivity index (χ1n) is 7.71. The number of carbonyl (C=O) groups excluding carboxylic acids is 2. The molecule has 0 aromatic heterocycles. The predicted octanol–water partition coefficient (Wildman–Crippen LogP) is 1.24. The second-order valence-electron chi connectivity index (χ2n) is 5.16. The largest absolute Gasteiger partial charge is 0.496 e. The lowest BCUT2D eigenvalue weighted by atomic mass is 10.1. The second-order valence-corrected chi connectivity index (χ2v) is 5.16. The molecule has 0 spiro atoms. The highest BCUT2D eigenvalue weighted by molar-refractivity contribution is 5.78. The Morgan fingerprint density at radius 2 is 1.91 bits per heavy atom. The summed E-state index contributed by atoms with van der Waals surface area (Å²) in [5.74, 6) is 0.698. The molecule has 23 heavy (non-hydrogen) atoms. The van der Waals surface area contributed by atoms with Crippen molar-refractivity contribution in [1.29, 1.82) is 0 Å². The molecule has 0 heterocycles. The lowest BCUT2D eigenvalue weighted by molar-refractivity contribution is -0.129. The molecule has 0 bridgehead atoms. The summed E-state index contributed by atoms with van der Waals surface area (Å²) in [5.41, 5.74) is 1.05. The molecule has 1 rings (SSSR count). The van der Waals surface area contributed by atoms with E-state index in [0.717, 1.165) is 11.3 Å². The maximum Gasteiger partial charge on any atom is 0.221 e. The SMILES string of the molecule is COCCNC(=O)CCN(CCc1ccccc1OC)C(C)=O. The highest BCUT2D eigenvalue weighted by atomic mass is 16.5. The molecule has 0 saturated carbocycles. The number of nitrogens with one attached hydrogen (secondary N) is 1. The number of para-hydroxylation sites is 1. The maximum atomic E-state index is 11.7. The van der Waals surface area contributed by atoms with Crippen LogP contribution in [0.5, 0.6) is 5.75 Å². The molecule has 0 aliphatic rings. The minimum absolute atomic E-state index is 0.0374. The minimum Gasteiger partial charge on any atom is -0.496 e. The van der Waals surface area contributed by atoms with Crippen molar-refractivity contribution in [3.8, 4) is 5.75 Å². The van der Waals surface area contributed by atoms with Crippen molar-refractivity contribution in [2.24, 2.45) is 0 Å². The van der Waals surface area contributed by atoms with Crippen molar-refractivity contribution in [3.63, 3.8) is 0 Å². The highest BCUT2D eigenvalue weighted by Gasteiger charge is 2.12. The molecule has 1 aromatic carbocycles. The summed E-state index contributed by atoms with van der Waals surface area (Å²) >= 11 is 0. The van der Waals surface area contributed by atoms with Crippen molar-refractivity contribution >= 4 is 11.8 Å². The number of ether oxygens (including phenoxy) is 2. The topological polar surface area (TPSA) is 67.9 Å². The van der Waals surface area contributed by atoms with Gasteiger partial charge < -0.3 is 19.7 Å². The number of benzene rings is 1. The summed E-state index contributed by atoms with van der Waals surface area (Å²) in [6, 6.07) is 7.74. The molecule has 0 aliphatic carbocycles. The fourth-order valence-corrected chi connectivity index (χ4v) is 2.21. The van der Waals surface area contributed by atoms with E-state index in [9.17, 15) is 9.59 Å². The van der Waals surface area contributed by atoms with Gasteiger partial charge in [-0.25, -0.2) is 0 Å². The summed E-state index contributed by atoms with van der Waals surface area (Å²) < 4.78 is 10.2. The summed E-state index contributed by atoms with van der Waals surface area (Å²) in [6.45, 7) is 3.45. The fourth-order valence-electron chi connectivity index (χ4n) is 2.21. The van der Waals surface area contributed by atoms with Gasteiger partial charge in [-0.15, -0.1) is 0 Å². The molecule has 1 aromatic rings. The number of methoxy groups -OCH3 is 2. The van der Waals surface area contributed by atoms with Gasteiger partial charge in [0.25, 0.3) is 0 Å². The van der Waals surface area contributed by atoms with Gasteiger partial charge in [-0.3, -0.25) is 9.59 Å². The molecule has 1 N–H and O–H groups in total. The molecular formula is C17H26N2O4. The van der Waals surface area contributed by atoms with Crippen LogP contribution in [0.25, 0.3) is 0 Å². The number of hydrogen-bond donors (Lipinski definition) is 1. The maximum absolute atomic E-state index is 11.7. The Labute approximate surface area is 137 Å². The van der Waals surface area contributed by atoms with Crippen LogP contribution in [0.1, 0.15) is 18.9 Å². The van der Waals surface area contributed by atoms with E-state index in [1.54, 1.807) is 19.1 Å². The summed E-state index contributed by atoms with van der Waals surface area (Å²) in [6.07, 6.45) is 0.976. The van der Waals surface area contributed by atoms with Gasteiger partial charge in [-0.1, -0.05) is 18.2 Å². The van der Waals surface area contributed by atoms with Gasteiger partial charge in [0, 0.05) is 40.1 Å². The van der Waals surface area contributed by atoms with E-state index in [-0.39, 0.29) is 18.2 Å². The van der Waals surface area contributed by atoms with E-state index in [1.807, 2.05) is 24.3 Å². The van der Waals surface area contributed by atoms with Gasteiger partial charge in [0.1, 0.15) is 5.75 Å². The van der Waals surface area contributed by atoms with Crippen molar-refractivity contribution < 1.29 is 19.1 Å². The second kappa shape index (κ2) is 10.6. The van der Waals surface area contributed by atoms with Crippen molar-refractivity contribution in [1.82, 2.24) is 10.2 Å². The average Bonchev–Trinajstić information content (AvgIpc) is 2.55. The fraction of sp³-hybridized carbons (Fsp3) is 0.529. The van der Waals surface area contributed by atoms with Crippen LogP contribution < -0.4 is 10.1 Å². The van der Waals surface area contributed by atoms with Crippen molar-refractivity contribution in [3.05, 3.63) is 29.8 Å². The lowest BCUT2D eigenvalue weighted by Gasteiger charge is -2.21. The van der Waals surface area contributed by atoms with Crippen LogP contribution in [-0.4, -0.2) is 57.2 Å². The van der Waals surface area contributed by atoms with Crippen LogP contribution in [0, 0.1) is 0 Å². The summed E-state index contributed by atoms with van der Waals surface area (Å²) in [4.78, 5) is 25.1. The van der Waals surface area contributed by atoms with Crippen LogP contribution in [0.3, 0.4) is 0 Å². The molecule has 0 fully saturated rings. The molecule has 0 atom stereocenters. The predicted molar refractivity (Wildman–Crippen MR) is 88.5 cm³/mol. The Morgan fingerprint density at radius 1 is 1.17 bits per heavy atom. The van der Waals surface area contributed by atoms with E-state index in [1.165, 1.54) is 6.92 Å². The third-order valence-electron chi connectivity index (χ3n) is 3.53. The molecule has 128 valence electrons. The highest BCUT2D eigenvalue weighted by Crippen LogP contribution is 2.18. The van der Waals surface area contributed by atoms with Crippen LogP contribution >= 0.6 is 0 Å². The Morgan fingerprint density at radius 3 is 2.57 bits per heavy atom.